The fraction of sp³-hybridized carbons (Fsp3) is 0.417. The molecule has 12 heteroatoms. The van der Waals surface area contributed by atoms with Crippen LogP contribution in [-0.2, 0) is 24.2 Å². The van der Waals surface area contributed by atoms with Crippen molar-refractivity contribution in [2.24, 2.45) is 5.41 Å². The highest BCUT2D eigenvalue weighted by molar-refractivity contribution is 7.98. The van der Waals surface area contributed by atoms with Crippen LogP contribution in [0.25, 0.3) is 0 Å². The number of amides is 2. The zero-order valence-corrected chi connectivity index (χ0v) is 29.4. The Morgan fingerprint density at radius 2 is 1.60 bits per heavy atom. The predicted octanol–water partition coefficient (Wildman–Crippen LogP) is 6.14. The maximum Gasteiger partial charge on any atom is 0.322 e. The molecule has 0 aromatic heterocycles. The molecule has 0 radical (unpaired) electrons. The summed E-state index contributed by atoms with van der Waals surface area (Å²) in [6.07, 6.45) is 7.23. The number of carbonyl (C=O) groups is 3. The lowest BCUT2D eigenvalue weighted by Gasteiger charge is -2.37. The number of sulfone groups is 1. The molecular weight excluding hydrogens is 651 g/mol. The number of hydrogen-bond donors (Lipinski definition) is 3. The number of anilines is 2. The molecule has 0 spiro atoms. The molecule has 1 atom stereocenters. The van der Waals surface area contributed by atoms with Crippen LogP contribution < -0.4 is 20.3 Å². The van der Waals surface area contributed by atoms with E-state index >= 15 is 0 Å². The van der Waals surface area contributed by atoms with E-state index in [2.05, 4.69) is 29.4 Å². The van der Waals surface area contributed by atoms with Gasteiger partial charge in [-0.1, -0.05) is 88.1 Å². The molecule has 3 aromatic carbocycles. The lowest BCUT2D eigenvalue weighted by atomic mass is 9.79. The van der Waals surface area contributed by atoms with E-state index in [1.807, 2.05) is 42.7 Å². The van der Waals surface area contributed by atoms with Gasteiger partial charge in [-0.05, 0) is 42.9 Å². The zero-order chi connectivity index (χ0) is 34.7. The maximum atomic E-state index is 14.3. The number of thioether (sulfide) groups is 1. The predicted molar refractivity (Wildman–Crippen MR) is 189 cm³/mol. The van der Waals surface area contributed by atoms with Crippen molar-refractivity contribution in [3.8, 4) is 5.75 Å². The van der Waals surface area contributed by atoms with Crippen LogP contribution in [0.15, 0.2) is 82.6 Å². The van der Waals surface area contributed by atoms with Crippen molar-refractivity contribution in [1.29, 1.82) is 0 Å². The van der Waals surface area contributed by atoms with E-state index in [-0.39, 0.29) is 16.4 Å². The van der Waals surface area contributed by atoms with Gasteiger partial charge in [0.2, 0.25) is 5.91 Å². The van der Waals surface area contributed by atoms with Crippen molar-refractivity contribution < 1.29 is 32.6 Å². The minimum Gasteiger partial charge on any atom is -0.483 e. The molecular formula is C36H45N3O7S2. The summed E-state index contributed by atoms with van der Waals surface area (Å²) >= 11 is 1.38. The van der Waals surface area contributed by atoms with Crippen molar-refractivity contribution >= 4 is 50.8 Å². The molecule has 10 nitrogen and oxygen atoms in total. The fourth-order valence-electron chi connectivity index (χ4n) is 6.14. The molecule has 0 fully saturated rings. The molecule has 4 rings (SSSR count). The number of para-hydroxylation sites is 1. The lowest BCUT2D eigenvalue weighted by molar-refractivity contribution is -0.138. The van der Waals surface area contributed by atoms with Crippen LogP contribution >= 0.6 is 11.8 Å². The van der Waals surface area contributed by atoms with E-state index in [1.165, 1.54) is 17.8 Å². The number of ether oxygens (including phenoxy) is 1. The van der Waals surface area contributed by atoms with Crippen molar-refractivity contribution in [2.45, 2.75) is 68.2 Å². The number of aliphatic carboxylic acids is 1. The quantitative estimate of drug-likeness (QED) is 0.151. The molecule has 1 heterocycles. The molecule has 1 aliphatic rings. The summed E-state index contributed by atoms with van der Waals surface area (Å²) in [6, 6.07) is 20.5. The van der Waals surface area contributed by atoms with Crippen LogP contribution in [-0.4, -0.2) is 63.0 Å². The van der Waals surface area contributed by atoms with Crippen LogP contribution in [0, 0.1) is 5.41 Å². The number of rotatable bonds is 16. The average molecular weight is 696 g/mol. The smallest absolute Gasteiger partial charge is 0.322 e. The van der Waals surface area contributed by atoms with Gasteiger partial charge in [0.25, 0.3) is 5.91 Å². The lowest BCUT2D eigenvalue weighted by Crippen LogP contribution is -2.43. The monoisotopic (exact) mass is 695 g/mol. The summed E-state index contributed by atoms with van der Waals surface area (Å²) in [5, 5.41) is 13.9. The van der Waals surface area contributed by atoms with Gasteiger partial charge in [0, 0.05) is 23.7 Å². The first-order valence-electron chi connectivity index (χ1n) is 16.3. The molecule has 3 N–H and O–H groups in total. The third kappa shape index (κ3) is 9.31. The minimum absolute atomic E-state index is 0.0130. The number of carboxylic acid groups (broad SMARTS) is 1. The molecule has 0 unspecified atom stereocenters. The van der Waals surface area contributed by atoms with E-state index < -0.39 is 52.2 Å². The Bertz CT molecular complexity index is 1660. The summed E-state index contributed by atoms with van der Waals surface area (Å²) in [6.45, 7) is 3.70. The van der Waals surface area contributed by atoms with Gasteiger partial charge in [0.1, 0.15) is 18.3 Å². The number of unbranched alkanes of at least 4 members (excludes halogenated alkanes) is 2. The maximum absolute atomic E-state index is 14.3. The van der Waals surface area contributed by atoms with E-state index in [0.717, 1.165) is 44.2 Å². The molecule has 0 bridgehead atoms. The first-order valence-corrected chi connectivity index (χ1v) is 19.1. The SMILES string of the molecule is CCCCC1(CCCC)CN(c2ccccc2)c2cc(SC)c(OCC(=O)N[C@@H](C(=O)NCC(=O)O)c3ccccc3)cc2S(=O)(=O)C1. The average Bonchev–Trinajstić information content (AvgIpc) is 3.18. The molecule has 0 saturated heterocycles. The van der Waals surface area contributed by atoms with Crippen LogP contribution in [0.5, 0.6) is 5.75 Å². The second-order valence-electron chi connectivity index (χ2n) is 12.2. The standard InChI is InChI=1S/C36H45N3O7S2/c1-4-6-18-36(19-7-5-2)24-39(27-16-12-9-13-17-27)28-20-30(47-3)29(21-31(28)48(44,45)25-36)46-23-32(40)38-34(26-14-10-8-11-15-26)35(43)37-22-33(41)42/h8-17,20-21,34H,4-7,18-19,22-25H2,1-3H3,(H,37,43)(H,38,40)(H,41,42)/t34-/m1/s1. The Kier molecular flexibility index (Phi) is 12.9. The van der Waals surface area contributed by atoms with Gasteiger partial charge in [0.15, 0.2) is 16.4 Å². The zero-order valence-electron chi connectivity index (χ0n) is 27.7. The molecule has 48 heavy (non-hydrogen) atoms. The second-order valence-corrected chi connectivity index (χ2v) is 15.0. The Balaban J connectivity index is 1.68. The normalized spacial score (nSPS) is 15.4. The van der Waals surface area contributed by atoms with Gasteiger partial charge < -0.3 is 25.4 Å². The molecule has 3 aromatic rings. The number of nitrogens with zero attached hydrogens (tertiary/aromatic N) is 1. The van der Waals surface area contributed by atoms with Crippen LogP contribution in [0.4, 0.5) is 11.4 Å². The number of carbonyl (C=O) groups excluding carboxylic acids is 2. The largest absolute Gasteiger partial charge is 0.483 e. The number of nitrogens with one attached hydrogen (secondary N) is 2. The Morgan fingerprint density at radius 3 is 2.19 bits per heavy atom. The van der Waals surface area contributed by atoms with Crippen molar-refractivity contribution in [2.75, 3.05) is 36.6 Å². The van der Waals surface area contributed by atoms with Crippen LogP contribution in [0.3, 0.4) is 0 Å². The van der Waals surface area contributed by atoms with Crippen molar-refractivity contribution in [1.82, 2.24) is 10.6 Å². The number of carboxylic acids is 1. The highest BCUT2D eigenvalue weighted by atomic mass is 32.2. The van der Waals surface area contributed by atoms with E-state index in [1.54, 1.807) is 30.3 Å². The fourth-order valence-corrected chi connectivity index (χ4v) is 8.80. The molecule has 0 aliphatic carbocycles. The topological polar surface area (TPSA) is 142 Å². The van der Waals surface area contributed by atoms with Crippen molar-refractivity contribution in [3.05, 3.63) is 78.4 Å². The number of hydrogen-bond acceptors (Lipinski definition) is 8. The molecule has 258 valence electrons. The third-order valence-corrected chi connectivity index (χ3v) is 11.3. The van der Waals surface area contributed by atoms with Gasteiger partial charge in [-0.3, -0.25) is 14.4 Å². The number of fused-ring (bicyclic) bond motifs is 1. The summed E-state index contributed by atoms with van der Waals surface area (Å²) in [5.41, 5.74) is 1.50. The third-order valence-electron chi connectivity index (χ3n) is 8.52. The Morgan fingerprint density at radius 1 is 0.979 bits per heavy atom. The summed E-state index contributed by atoms with van der Waals surface area (Å²) in [7, 11) is -3.79. The first-order chi connectivity index (χ1) is 23.0. The summed E-state index contributed by atoms with van der Waals surface area (Å²) in [4.78, 5) is 40.0. The molecule has 2 amide bonds. The Hall–Kier alpha value is -4.03. The first kappa shape index (κ1) is 36.8. The highest BCUT2D eigenvalue weighted by Crippen LogP contribution is 2.47. The summed E-state index contributed by atoms with van der Waals surface area (Å²) < 4.78 is 34.7. The van der Waals surface area contributed by atoms with Gasteiger partial charge in [-0.25, -0.2) is 8.42 Å². The number of benzene rings is 3. The minimum atomic E-state index is -3.79. The van der Waals surface area contributed by atoms with Crippen LogP contribution in [0.2, 0.25) is 0 Å². The van der Waals surface area contributed by atoms with Gasteiger partial charge in [-0.2, -0.15) is 0 Å². The second kappa shape index (κ2) is 16.9. The van der Waals surface area contributed by atoms with Crippen LogP contribution in [0.1, 0.15) is 64.0 Å². The molecule has 1 aliphatic heterocycles. The van der Waals surface area contributed by atoms with Gasteiger partial charge in [-0.15, -0.1) is 11.8 Å². The van der Waals surface area contributed by atoms with Gasteiger partial charge >= 0.3 is 5.97 Å². The highest BCUT2D eigenvalue weighted by Gasteiger charge is 2.42. The molecule has 0 saturated carbocycles. The summed E-state index contributed by atoms with van der Waals surface area (Å²) in [5.74, 6) is -2.28. The van der Waals surface area contributed by atoms with Crippen molar-refractivity contribution in [3.63, 3.8) is 0 Å². The van der Waals surface area contributed by atoms with E-state index in [4.69, 9.17) is 9.84 Å². The van der Waals surface area contributed by atoms with Gasteiger partial charge in [0.05, 0.1) is 21.2 Å². The van der Waals surface area contributed by atoms with E-state index in [0.29, 0.717) is 22.7 Å². The Labute approximate surface area is 287 Å². The van der Waals surface area contributed by atoms with E-state index in [9.17, 15) is 22.8 Å².